The van der Waals surface area contributed by atoms with Gasteiger partial charge in [-0.3, -0.25) is 4.72 Å². The van der Waals surface area contributed by atoms with Gasteiger partial charge in [-0.25, -0.2) is 13.2 Å². The highest BCUT2D eigenvalue weighted by molar-refractivity contribution is 7.93. The molecule has 2 aromatic rings. The zero-order valence-corrected chi connectivity index (χ0v) is 11.8. The number of carboxylic acids is 1. The van der Waals surface area contributed by atoms with Gasteiger partial charge in [-0.05, 0) is 25.1 Å². The molecule has 1 aromatic carbocycles. The van der Waals surface area contributed by atoms with Crippen LogP contribution in [-0.4, -0.2) is 29.7 Å². The molecule has 4 N–H and O–H groups in total. The Morgan fingerprint density at radius 1 is 1.40 bits per heavy atom. The van der Waals surface area contributed by atoms with E-state index in [2.05, 4.69) is 14.9 Å². The predicted molar refractivity (Wildman–Crippen MR) is 73.3 cm³/mol. The molecule has 8 nitrogen and oxygen atoms in total. The van der Waals surface area contributed by atoms with Crippen molar-refractivity contribution in [2.75, 3.05) is 10.5 Å². The van der Waals surface area contributed by atoms with Crippen LogP contribution >= 0.6 is 11.3 Å². The van der Waals surface area contributed by atoms with Gasteiger partial charge in [0.1, 0.15) is 9.90 Å². The third-order valence-electron chi connectivity index (χ3n) is 2.27. The van der Waals surface area contributed by atoms with Crippen LogP contribution in [0.25, 0.3) is 0 Å². The number of nitrogen functional groups attached to an aromatic ring is 1. The van der Waals surface area contributed by atoms with Gasteiger partial charge in [0.25, 0.3) is 10.0 Å². The topological polar surface area (TPSA) is 135 Å². The van der Waals surface area contributed by atoms with E-state index in [1.54, 1.807) is 6.92 Å². The second-order valence-electron chi connectivity index (χ2n) is 3.79. The van der Waals surface area contributed by atoms with Gasteiger partial charge in [-0.1, -0.05) is 11.3 Å². The highest BCUT2D eigenvalue weighted by Gasteiger charge is 2.23. The summed E-state index contributed by atoms with van der Waals surface area (Å²) in [6, 6.07) is 3.54. The molecule has 0 radical (unpaired) electrons. The lowest BCUT2D eigenvalue weighted by Crippen LogP contribution is -2.17. The third-order valence-corrected chi connectivity index (χ3v) is 4.54. The van der Waals surface area contributed by atoms with Gasteiger partial charge in [-0.15, -0.1) is 10.2 Å². The maximum Gasteiger partial charge on any atom is 0.337 e. The van der Waals surface area contributed by atoms with E-state index in [1.165, 1.54) is 6.07 Å². The lowest BCUT2D eigenvalue weighted by Gasteiger charge is -2.08. The molecule has 0 saturated carbocycles. The number of benzene rings is 1. The molecule has 0 amide bonds. The van der Waals surface area contributed by atoms with E-state index < -0.39 is 20.9 Å². The number of rotatable bonds is 4. The molecule has 1 heterocycles. The van der Waals surface area contributed by atoms with E-state index in [4.69, 9.17) is 10.8 Å². The Bertz CT molecular complexity index is 769. The van der Waals surface area contributed by atoms with Crippen LogP contribution < -0.4 is 10.5 Å². The van der Waals surface area contributed by atoms with Crippen molar-refractivity contribution in [3.05, 3.63) is 28.8 Å². The summed E-state index contributed by atoms with van der Waals surface area (Å²) in [5, 5.41) is 17.0. The van der Waals surface area contributed by atoms with E-state index in [0.717, 1.165) is 23.5 Å². The molecule has 0 atom stereocenters. The highest BCUT2D eigenvalue weighted by atomic mass is 32.2. The average molecular weight is 314 g/mol. The summed E-state index contributed by atoms with van der Waals surface area (Å²) in [7, 11) is -4.10. The molecule has 0 unspecified atom stereocenters. The zero-order valence-electron chi connectivity index (χ0n) is 10.2. The number of carbonyl (C=O) groups is 1. The normalized spacial score (nSPS) is 11.2. The Hall–Kier alpha value is -2.20. The van der Waals surface area contributed by atoms with Crippen LogP contribution in [0.15, 0.2) is 23.1 Å². The first-order chi connectivity index (χ1) is 9.29. The van der Waals surface area contributed by atoms with Gasteiger partial charge in [0, 0.05) is 5.69 Å². The van der Waals surface area contributed by atoms with E-state index in [0.29, 0.717) is 5.01 Å². The van der Waals surface area contributed by atoms with E-state index in [-0.39, 0.29) is 16.4 Å². The maximum absolute atomic E-state index is 12.2. The summed E-state index contributed by atoms with van der Waals surface area (Å²) in [4.78, 5) is 10.7. The number of hydrogen-bond acceptors (Lipinski definition) is 7. The molecule has 10 heteroatoms. The number of aryl methyl sites for hydroxylation is 1. The standard InChI is InChI=1S/C10H10N4O4S2/c1-5-12-13-10(19-5)14-20(17,18)8-4-6(11)2-3-7(8)9(15)16/h2-4H,11H2,1H3,(H,13,14)(H,15,16). The fraction of sp³-hybridized carbons (Fsp3) is 0.100. The van der Waals surface area contributed by atoms with E-state index in [9.17, 15) is 13.2 Å². The van der Waals surface area contributed by atoms with Crippen molar-refractivity contribution < 1.29 is 18.3 Å². The number of aromatic carboxylic acids is 1. The molecule has 1 aromatic heterocycles. The van der Waals surface area contributed by atoms with Gasteiger partial charge in [-0.2, -0.15) is 0 Å². The zero-order chi connectivity index (χ0) is 14.9. The van der Waals surface area contributed by atoms with Gasteiger partial charge in [0.2, 0.25) is 5.13 Å². The lowest BCUT2D eigenvalue weighted by molar-refractivity contribution is 0.0692. The minimum Gasteiger partial charge on any atom is -0.478 e. The SMILES string of the molecule is Cc1nnc(NS(=O)(=O)c2cc(N)ccc2C(=O)O)s1. The Labute approximate surface area is 118 Å². The molecule has 0 saturated heterocycles. The van der Waals surface area contributed by atoms with E-state index in [1.807, 2.05) is 0 Å². The molecular formula is C10H10N4O4S2. The fourth-order valence-electron chi connectivity index (χ4n) is 1.45. The van der Waals surface area contributed by atoms with E-state index >= 15 is 0 Å². The smallest absolute Gasteiger partial charge is 0.337 e. The number of nitrogens with zero attached hydrogens (tertiary/aromatic N) is 2. The van der Waals surface area contributed by atoms with Crippen molar-refractivity contribution in [2.24, 2.45) is 0 Å². The van der Waals surface area contributed by atoms with Crippen molar-refractivity contribution in [2.45, 2.75) is 11.8 Å². The summed E-state index contributed by atoms with van der Waals surface area (Å²) in [5.74, 6) is -1.36. The van der Waals surface area contributed by atoms with Crippen molar-refractivity contribution in [1.29, 1.82) is 0 Å². The highest BCUT2D eigenvalue weighted by Crippen LogP contribution is 2.23. The number of nitrogens with one attached hydrogen (secondary N) is 1. The molecule has 2 rings (SSSR count). The molecular weight excluding hydrogens is 304 g/mol. The van der Waals surface area contributed by atoms with Gasteiger partial charge in [0.05, 0.1) is 5.56 Å². The minimum atomic E-state index is -4.10. The monoisotopic (exact) mass is 314 g/mol. The van der Waals surface area contributed by atoms with Crippen LogP contribution in [-0.2, 0) is 10.0 Å². The first-order valence-electron chi connectivity index (χ1n) is 5.25. The molecule has 0 spiro atoms. The second-order valence-corrected chi connectivity index (χ2v) is 6.62. The Morgan fingerprint density at radius 2 is 2.10 bits per heavy atom. The third kappa shape index (κ3) is 2.86. The number of sulfonamides is 1. The molecule has 0 aliphatic rings. The molecule has 0 aliphatic carbocycles. The van der Waals surface area contributed by atoms with Crippen LogP contribution in [0.2, 0.25) is 0 Å². The first-order valence-corrected chi connectivity index (χ1v) is 7.55. The second kappa shape index (κ2) is 5.06. The van der Waals surface area contributed by atoms with Crippen molar-refractivity contribution in [1.82, 2.24) is 10.2 Å². The number of nitrogens with two attached hydrogens (primary N) is 1. The van der Waals surface area contributed by atoms with Gasteiger partial charge >= 0.3 is 5.97 Å². The molecule has 0 bridgehead atoms. The van der Waals surface area contributed by atoms with Crippen LogP contribution in [0.4, 0.5) is 10.8 Å². The Balaban J connectivity index is 2.48. The fourth-order valence-corrected chi connectivity index (χ4v) is 3.50. The van der Waals surface area contributed by atoms with Crippen molar-refractivity contribution in [3.63, 3.8) is 0 Å². The van der Waals surface area contributed by atoms with Crippen LogP contribution in [0.3, 0.4) is 0 Å². The van der Waals surface area contributed by atoms with Gasteiger partial charge in [0.15, 0.2) is 0 Å². The Kier molecular flexibility index (Phi) is 3.59. The summed E-state index contributed by atoms with van der Waals surface area (Å²) >= 11 is 1.04. The number of anilines is 2. The minimum absolute atomic E-state index is 0.0567. The molecule has 0 aliphatic heterocycles. The molecule has 106 valence electrons. The average Bonchev–Trinajstić information content (AvgIpc) is 2.73. The summed E-state index contributed by atoms with van der Waals surface area (Å²) in [6.45, 7) is 1.67. The van der Waals surface area contributed by atoms with Crippen LogP contribution in [0, 0.1) is 6.92 Å². The van der Waals surface area contributed by atoms with Crippen molar-refractivity contribution >= 4 is 38.1 Å². The summed E-state index contributed by atoms with van der Waals surface area (Å²) in [6.07, 6.45) is 0. The predicted octanol–water partition coefficient (Wildman–Crippen LogP) is 0.928. The number of aromatic nitrogens is 2. The lowest BCUT2D eigenvalue weighted by atomic mass is 10.2. The summed E-state index contributed by atoms with van der Waals surface area (Å²) < 4.78 is 26.6. The van der Waals surface area contributed by atoms with Gasteiger partial charge < -0.3 is 10.8 Å². The quantitative estimate of drug-likeness (QED) is 0.714. The molecule has 20 heavy (non-hydrogen) atoms. The van der Waals surface area contributed by atoms with Crippen LogP contribution in [0.1, 0.15) is 15.4 Å². The maximum atomic E-state index is 12.2. The van der Waals surface area contributed by atoms with Crippen LogP contribution in [0.5, 0.6) is 0 Å². The number of carboxylic acid groups (broad SMARTS) is 1. The summed E-state index contributed by atoms with van der Waals surface area (Å²) in [5.41, 5.74) is 5.29. The molecule has 0 fully saturated rings. The largest absolute Gasteiger partial charge is 0.478 e. The van der Waals surface area contributed by atoms with Crippen molar-refractivity contribution in [3.8, 4) is 0 Å². The Morgan fingerprint density at radius 3 is 2.65 bits per heavy atom. The number of hydrogen-bond donors (Lipinski definition) is 3. The first kappa shape index (κ1) is 14.2.